The first-order valence-corrected chi connectivity index (χ1v) is 6.25. The van der Waals surface area contributed by atoms with Crippen LogP contribution in [0.15, 0.2) is 12.2 Å². The van der Waals surface area contributed by atoms with Crippen LogP contribution in [0.25, 0.3) is 0 Å². The third-order valence-corrected chi connectivity index (χ3v) is 4.07. The van der Waals surface area contributed by atoms with Crippen molar-refractivity contribution in [3.63, 3.8) is 0 Å². The molecule has 0 amide bonds. The normalized spacial score (nSPS) is 34.6. The lowest BCUT2D eigenvalue weighted by Crippen LogP contribution is -2.33. The molecule has 1 heteroatoms. The van der Waals surface area contributed by atoms with Gasteiger partial charge in [0.25, 0.3) is 0 Å². The molecule has 0 radical (unpaired) electrons. The van der Waals surface area contributed by atoms with Crippen molar-refractivity contribution in [2.24, 2.45) is 17.8 Å². The third-order valence-electron chi connectivity index (χ3n) is 4.07. The fraction of sp³-hybridized carbons (Fsp3) is 0.846. The van der Waals surface area contributed by atoms with Crippen molar-refractivity contribution >= 4 is 0 Å². The molecule has 1 fully saturated rings. The quantitative estimate of drug-likeness (QED) is 0.662. The van der Waals surface area contributed by atoms with Crippen LogP contribution in [0, 0.1) is 17.8 Å². The molecule has 2 aliphatic rings. The summed E-state index contributed by atoms with van der Waals surface area (Å²) < 4.78 is 0. The van der Waals surface area contributed by atoms with Gasteiger partial charge in [-0.1, -0.05) is 26.0 Å². The van der Waals surface area contributed by atoms with Crippen molar-refractivity contribution in [2.75, 3.05) is 6.54 Å². The molecule has 2 aliphatic carbocycles. The Balaban J connectivity index is 1.74. The van der Waals surface area contributed by atoms with Gasteiger partial charge in [-0.2, -0.15) is 0 Å². The fourth-order valence-electron chi connectivity index (χ4n) is 3.02. The van der Waals surface area contributed by atoms with Crippen LogP contribution >= 0.6 is 0 Å². The van der Waals surface area contributed by atoms with Gasteiger partial charge in [-0.3, -0.25) is 0 Å². The monoisotopic (exact) mass is 193 g/mol. The molecule has 0 aromatic rings. The minimum atomic E-state index is 0.748. The second kappa shape index (κ2) is 4.48. The Bertz CT molecular complexity index is 205. The molecule has 0 aromatic heterocycles. The molecular formula is C13H23N. The second-order valence-electron chi connectivity index (χ2n) is 4.96. The molecule has 0 aliphatic heterocycles. The number of fused-ring (bicyclic) bond motifs is 2. The molecule has 80 valence electrons. The Hall–Kier alpha value is -0.300. The summed E-state index contributed by atoms with van der Waals surface area (Å²) in [7, 11) is 0. The van der Waals surface area contributed by atoms with Gasteiger partial charge in [0, 0.05) is 6.04 Å². The highest BCUT2D eigenvalue weighted by Gasteiger charge is 2.35. The first-order chi connectivity index (χ1) is 6.83. The Morgan fingerprint density at radius 1 is 1.21 bits per heavy atom. The van der Waals surface area contributed by atoms with Crippen LogP contribution in [0.1, 0.15) is 39.5 Å². The Labute approximate surface area is 88.0 Å². The van der Waals surface area contributed by atoms with Gasteiger partial charge in [0.05, 0.1) is 0 Å². The van der Waals surface area contributed by atoms with Gasteiger partial charge in [-0.05, 0) is 50.0 Å². The highest BCUT2D eigenvalue weighted by Crippen LogP contribution is 2.42. The van der Waals surface area contributed by atoms with E-state index >= 15 is 0 Å². The summed E-state index contributed by atoms with van der Waals surface area (Å²) in [6, 6.07) is 0.748. The van der Waals surface area contributed by atoms with Crippen molar-refractivity contribution in [3.8, 4) is 0 Å². The van der Waals surface area contributed by atoms with Gasteiger partial charge in [0.2, 0.25) is 0 Å². The maximum absolute atomic E-state index is 3.71. The fourth-order valence-corrected chi connectivity index (χ4v) is 3.02. The number of hydrogen-bond donors (Lipinski definition) is 1. The first kappa shape index (κ1) is 10.2. The van der Waals surface area contributed by atoms with E-state index in [9.17, 15) is 0 Å². The van der Waals surface area contributed by atoms with Crippen LogP contribution in [0.5, 0.6) is 0 Å². The third kappa shape index (κ3) is 2.03. The zero-order chi connectivity index (χ0) is 9.97. The van der Waals surface area contributed by atoms with Gasteiger partial charge < -0.3 is 5.32 Å². The van der Waals surface area contributed by atoms with E-state index in [1.54, 1.807) is 0 Å². The Morgan fingerprint density at radius 3 is 2.50 bits per heavy atom. The Kier molecular flexibility index (Phi) is 3.27. The molecule has 14 heavy (non-hydrogen) atoms. The largest absolute Gasteiger partial charge is 0.314 e. The molecule has 0 heterocycles. The van der Waals surface area contributed by atoms with E-state index in [1.165, 1.54) is 32.2 Å². The topological polar surface area (TPSA) is 12.0 Å². The van der Waals surface area contributed by atoms with Crippen molar-refractivity contribution < 1.29 is 0 Å². The maximum atomic E-state index is 3.71. The maximum Gasteiger partial charge on any atom is 0.00619 e. The first-order valence-electron chi connectivity index (χ1n) is 6.25. The Morgan fingerprint density at radius 2 is 2.00 bits per heavy atom. The average Bonchev–Trinajstić information content (AvgIpc) is 2.80. The average molecular weight is 193 g/mol. The minimum Gasteiger partial charge on any atom is -0.314 e. The van der Waals surface area contributed by atoms with E-state index in [4.69, 9.17) is 0 Å². The van der Waals surface area contributed by atoms with Crippen molar-refractivity contribution in [1.82, 2.24) is 5.32 Å². The summed E-state index contributed by atoms with van der Waals surface area (Å²) in [5.41, 5.74) is 0. The highest BCUT2D eigenvalue weighted by molar-refractivity contribution is 5.10. The zero-order valence-corrected chi connectivity index (χ0v) is 9.50. The number of hydrogen-bond acceptors (Lipinski definition) is 1. The van der Waals surface area contributed by atoms with E-state index < -0.39 is 0 Å². The number of allylic oxidation sites excluding steroid dienone is 2. The van der Waals surface area contributed by atoms with Crippen molar-refractivity contribution in [2.45, 2.75) is 45.6 Å². The second-order valence-corrected chi connectivity index (χ2v) is 4.96. The van der Waals surface area contributed by atoms with Gasteiger partial charge in [-0.15, -0.1) is 0 Å². The lowest BCUT2D eigenvalue weighted by molar-refractivity contribution is 0.372. The summed E-state index contributed by atoms with van der Waals surface area (Å²) in [6.07, 6.45) is 10.3. The number of rotatable bonds is 5. The highest BCUT2D eigenvalue weighted by atomic mass is 14.9. The van der Waals surface area contributed by atoms with E-state index in [0.29, 0.717) is 0 Å². The molecule has 1 N–H and O–H groups in total. The predicted molar refractivity (Wildman–Crippen MR) is 61.2 cm³/mol. The molecule has 0 spiro atoms. The van der Waals surface area contributed by atoms with Gasteiger partial charge in [0.1, 0.15) is 0 Å². The van der Waals surface area contributed by atoms with Crippen LogP contribution < -0.4 is 5.32 Å². The van der Waals surface area contributed by atoms with E-state index in [-0.39, 0.29) is 0 Å². The minimum absolute atomic E-state index is 0.748. The van der Waals surface area contributed by atoms with Crippen LogP contribution in [0.4, 0.5) is 0 Å². The predicted octanol–water partition coefficient (Wildman–Crippen LogP) is 2.98. The molecule has 2 rings (SSSR count). The molecular weight excluding hydrogens is 170 g/mol. The van der Waals surface area contributed by atoms with Crippen molar-refractivity contribution in [1.29, 1.82) is 0 Å². The molecule has 0 aromatic carbocycles. The SMILES string of the molecule is CCC(CC)NC[C@@H]1C[C@H]2C=C[C@H]1C2. The van der Waals surface area contributed by atoms with Crippen LogP contribution in [-0.2, 0) is 0 Å². The summed E-state index contributed by atoms with van der Waals surface area (Å²) in [5, 5.41) is 3.71. The van der Waals surface area contributed by atoms with Crippen LogP contribution in [0.2, 0.25) is 0 Å². The van der Waals surface area contributed by atoms with Gasteiger partial charge >= 0.3 is 0 Å². The summed E-state index contributed by atoms with van der Waals surface area (Å²) >= 11 is 0. The van der Waals surface area contributed by atoms with Gasteiger partial charge in [-0.25, -0.2) is 0 Å². The van der Waals surface area contributed by atoms with E-state index in [2.05, 4.69) is 31.3 Å². The van der Waals surface area contributed by atoms with Crippen LogP contribution in [-0.4, -0.2) is 12.6 Å². The zero-order valence-electron chi connectivity index (χ0n) is 9.50. The van der Waals surface area contributed by atoms with Crippen molar-refractivity contribution in [3.05, 3.63) is 12.2 Å². The van der Waals surface area contributed by atoms with E-state index in [1.807, 2.05) is 0 Å². The molecule has 0 unspecified atom stereocenters. The molecule has 1 saturated carbocycles. The van der Waals surface area contributed by atoms with E-state index in [0.717, 1.165) is 23.8 Å². The molecule has 1 nitrogen and oxygen atoms in total. The van der Waals surface area contributed by atoms with Crippen LogP contribution in [0.3, 0.4) is 0 Å². The van der Waals surface area contributed by atoms with Gasteiger partial charge in [0.15, 0.2) is 0 Å². The lowest BCUT2D eigenvalue weighted by Gasteiger charge is -2.22. The standard InChI is InChI=1S/C13H23N/c1-3-13(4-2)14-9-12-8-10-5-6-11(12)7-10/h5-6,10-14H,3-4,7-9H2,1-2H3/t10-,11-,12-/m0/s1. The lowest BCUT2D eigenvalue weighted by atomic mass is 9.93. The molecule has 2 bridgehead atoms. The smallest absolute Gasteiger partial charge is 0.00619 e. The summed E-state index contributed by atoms with van der Waals surface area (Å²) in [5.74, 6) is 2.76. The molecule has 0 saturated heterocycles. The number of nitrogens with one attached hydrogen (secondary N) is 1. The summed E-state index contributed by atoms with van der Waals surface area (Å²) in [4.78, 5) is 0. The summed E-state index contributed by atoms with van der Waals surface area (Å²) in [6.45, 7) is 5.81. The molecule has 3 atom stereocenters.